The molecular weight excluding hydrogens is 639 g/mol. The van der Waals surface area contributed by atoms with E-state index in [0.717, 1.165) is 26.2 Å². The van der Waals surface area contributed by atoms with Crippen molar-refractivity contribution in [2.75, 3.05) is 44.4 Å². The molecule has 47 heavy (non-hydrogen) atoms. The maximum atomic E-state index is 5.17. The van der Waals surface area contributed by atoms with Crippen LogP contribution < -0.4 is 22.9 Å². The van der Waals surface area contributed by atoms with Gasteiger partial charge in [0.25, 0.3) is 0 Å². The van der Waals surface area contributed by atoms with Gasteiger partial charge in [-0.3, -0.25) is 4.65 Å². The Hall–Kier alpha value is -1.53. The van der Waals surface area contributed by atoms with E-state index in [1.807, 2.05) is 0 Å². The maximum absolute atomic E-state index is 5.17. The predicted molar refractivity (Wildman–Crippen MR) is 221 cm³/mol. The van der Waals surface area contributed by atoms with E-state index in [9.17, 15) is 0 Å². The maximum Gasteiger partial charge on any atom is 0.319 e. The second-order valence-electron chi connectivity index (χ2n) is 21.5. The summed E-state index contributed by atoms with van der Waals surface area (Å²) in [4.78, 5) is 0. The zero-order valence-corrected chi connectivity index (χ0v) is 37.7. The predicted octanol–water partition coefficient (Wildman–Crippen LogP) is 10.1. The van der Waals surface area contributed by atoms with Gasteiger partial charge in [0.2, 0.25) is 0 Å². The highest BCUT2D eigenvalue weighted by molar-refractivity contribution is 7.52. The molecule has 0 amide bonds. The number of hydrogen-bond donors (Lipinski definition) is 1. The average molecular weight is 710 g/mol. The molecule has 4 rings (SSSR count). The van der Waals surface area contributed by atoms with Gasteiger partial charge < -0.3 is 18.3 Å². The third kappa shape index (κ3) is 7.35. The van der Waals surface area contributed by atoms with Crippen LogP contribution in [0.15, 0.2) is 48.5 Å². The van der Waals surface area contributed by atoms with Crippen molar-refractivity contribution >= 4 is 54.1 Å². The third-order valence-electron chi connectivity index (χ3n) is 9.46. The second-order valence-corrected chi connectivity index (χ2v) is 49.6. The fourth-order valence-corrected chi connectivity index (χ4v) is 47.0. The molecule has 0 saturated heterocycles. The number of benzene rings is 2. The summed E-state index contributed by atoms with van der Waals surface area (Å²) in [6.45, 7) is 49.7. The molecule has 2 aromatic carbocycles. The van der Waals surface area contributed by atoms with E-state index in [4.69, 9.17) is 4.65 Å². The van der Waals surface area contributed by atoms with E-state index in [2.05, 4.69) is 189 Å². The summed E-state index contributed by atoms with van der Waals surface area (Å²) in [5, 5.41) is 0. The van der Waals surface area contributed by atoms with Gasteiger partial charge in [-0.25, -0.2) is 0 Å². The Labute approximate surface area is 294 Å². The van der Waals surface area contributed by atoms with E-state index in [1.54, 1.807) is 0 Å². The summed E-state index contributed by atoms with van der Waals surface area (Å²) < 4.78 is 17.2. The number of anilines is 4. The number of rotatable bonds is 8. The monoisotopic (exact) mass is 709 g/mol. The average Bonchev–Trinajstić information content (AvgIpc) is 3.24. The largest absolute Gasteiger partial charge is 0.370 e. The molecular formula is C38H71N5Si4. The Bertz CT molecular complexity index is 1220. The topological polar surface area (TPSA) is 25.0 Å². The minimum atomic E-state index is -2.67. The molecule has 1 N–H and O–H groups in total. The van der Waals surface area contributed by atoms with Gasteiger partial charge in [0, 0.05) is 26.2 Å². The Kier molecular flexibility index (Phi) is 9.82. The molecule has 264 valence electrons. The Morgan fingerprint density at radius 2 is 0.617 bits per heavy atom. The molecule has 2 aliphatic rings. The molecule has 2 aromatic rings. The summed E-state index contributed by atoms with van der Waals surface area (Å²) >= 11 is 0. The Morgan fingerprint density at radius 1 is 0.426 bits per heavy atom. The van der Waals surface area contributed by atoms with Crippen LogP contribution in [0.1, 0.15) is 83.1 Å². The molecule has 2 aliphatic heterocycles. The van der Waals surface area contributed by atoms with Gasteiger partial charge in [0.05, 0.1) is 22.7 Å². The van der Waals surface area contributed by atoms with Gasteiger partial charge in [0.15, 0.2) is 0 Å². The molecule has 0 aliphatic carbocycles. The van der Waals surface area contributed by atoms with E-state index in [-0.39, 0.29) is 21.7 Å². The SMILES string of the molecule is CC(C)(C)CN1c2ccccc2N(CC(C)(C)C)[Si]1(N[Si]1([Si](C)(C)C)N(CC(C)(C)C)c2ccccc2N1CC(C)(C)C)[Si](C)(C)C. The minimum absolute atomic E-state index is 0.146. The minimum Gasteiger partial charge on any atom is -0.370 e. The molecule has 0 aromatic heterocycles. The summed E-state index contributed by atoms with van der Waals surface area (Å²) in [6.07, 6.45) is 0. The van der Waals surface area contributed by atoms with Crippen molar-refractivity contribution in [3.63, 3.8) is 0 Å². The van der Waals surface area contributed by atoms with Gasteiger partial charge in [-0.2, -0.15) is 0 Å². The first-order chi connectivity index (χ1) is 21.0. The summed E-state index contributed by atoms with van der Waals surface area (Å²) in [7, 11) is -9.31. The van der Waals surface area contributed by atoms with Crippen molar-refractivity contribution in [1.29, 1.82) is 0 Å². The Balaban J connectivity index is 2.19. The van der Waals surface area contributed by atoms with Crippen molar-refractivity contribution in [3.05, 3.63) is 48.5 Å². The zero-order chi connectivity index (χ0) is 35.8. The van der Waals surface area contributed by atoms with Crippen LogP contribution in [0.4, 0.5) is 22.7 Å². The van der Waals surface area contributed by atoms with Crippen molar-refractivity contribution in [1.82, 2.24) is 4.65 Å². The molecule has 0 unspecified atom stereocenters. The van der Waals surface area contributed by atoms with Crippen LogP contribution in [0.5, 0.6) is 0 Å². The van der Waals surface area contributed by atoms with Gasteiger partial charge in [-0.05, 0) is 45.9 Å². The van der Waals surface area contributed by atoms with Crippen LogP contribution in [0, 0.1) is 21.7 Å². The first-order valence-electron chi connectivity index (χ1n) is 18.1. The lowest BCUT2D eigenvalue weighted by molar-refractivity contribution is 0.420. The molecule has 5 nitrogen and oxygen atoms in total. The molecule has 0 radical (unpaired) electrons. The molecule has 0 spiro atoms. The molecule has 0 fully saturated rings. The lowest BCUT2D eigenvalue weighted by atomic mass is 9.96. The van der Waals surface area contributed by atoms with E-state index < -0.39 is 31.3 Å². The zero-order valence-electron chi connectivity index (χ0n) is 33.7. The van der Waals surface area contributed by atoms with Crippen molar-refractivity contribution in [2.24, 2.45) is 21.7 Å². The number of para-hydroxylation sites is 4. The normalized spacial score (nSPS) is 18.6. The van der Waals surface area contributed by atoms with Crippen LogP contribution in [0.3, 0.4) is 0 Å². The smallest absolute Gasteiger partial charge is 0.319 e. The standard InChI is InChI=1S/C38H71N5Si4/c1-35(2,3)27-40-31-23-19-20-24-32(31)41(28-36(4,5)6)46(40,44(13,14)15)39-47(45(16,17)18)42(29-37(7,8)9)33-25-21-22-26-34(33)43(47)30-38(10,11)12/h19-26,39H,27-30H2,1-18H3. The molecule has 0 atom stereocenters. The highest BCUT2D eigenvalue weighted by atomic mass is 29.3. The van der Waals surface area contributed by atoms with E-state index in [0.29, 0.717) is 0 Å². The summed E-state index contributed by atoms with van der Waals surface area (Å²) in [6, 6.07) is 18.9. The van der Waals surface area contributed by atoms with Gasteiger partial charge in [-0.1, -0.05) is 147 Å². The molecule has 0 saturated carbocycles. The lowest BCUT2D eigenvalue weighted by Crippen LogP contribution is -2.97. The molecule has 0 bridgehead atoms. The molecule has 2 heterocycles. The van der Waals surface area contributed by atoms with E-state index in [1.165, 1.54) is 22.7 Å². The quantitative estimate of drug-likeness (QED) is 0.275. The van der Waals surface area contributed by atoms with Crippen LogP contribution in [0.25, 0.3) is 0 Å². The van der Waals surface area contributed by atoms with Crippen molar-refractivity contribution < 1.29 is 0 Å². The summed E-state index contributed by atoms with van der Waals surface area (Å²) in [5.74, 6) is 0. The number of fused-ring (bicyclic) bond motifs is 2. The molecule has 9 heteroatoms. The number of nitrogens with one attached hydrogen (secondary N) is 1. The van der Waals surface area contributed by atoms with Crippen molar-refractivity contribution in [2.45, 2.75) is 122 Å². The second kappa shape index (κ2) is 12.1. The van der Waals surface area contributed by atoms with Crippen LogP contribution in [-0.4, -0.2) is 57.5 Å². The highest BCUT2D eigenvalue weighted by Crippen LogP contribution is 2.52. The lowest BCUT2D eigenvalue weighted by Gasteiger charge is -2.61. The van der Waals surface area contributed by atoms with Crippen molar-refractivity contribution in [3.8, 4) is 0 Å². The Morgan fingerprint density at radius 3 is 0.766 bits per heavy atom. The fourth-order valence-electron chi connectivity index (χ4n) is 8.03. The van der Waals surface area contributed by atoms with Crippen LogP contribution in [0.2, 0.25) is 39.3 Å². The van der Waals surface area contributed by atoms with Gasteiger partial charge in [0.1, 0.15) is 15.2 Å². The highest BCUT2D eigenvalue weighted by Gasteiger charge is 2.71. The van der Waals surface area contributed by atoms with E-state index >= 15 is 0 Å². The fraction of sp³-hybridized carbons (Fsp3) is 0.684. The number of nitrogens with zero attached hydrogens (tertiary/aromatic N) is 4. The first-order valence-corrected chi connectivity index (χ1v) is 30.9. The van der Waals surface area contributed by atoms with Crippen LogP contribution in [-0.2, 0) is 0 Å². The first kappa shape index (κ1) is 38.3. The van der Waals surface area contributed by atoms with Crippen LogP contribution >= 0.6 is 0 Å². The third-order valence-corrected chi connectivity index (χ3v) is 39.2. The van der Waals surface area contributed by atoms with Gasteiger partial charge >= 0.3 is 16.2 Å². The summed E-state index contributed by atoms with van der Waals surface area (Å²) in [5.41, 5.74) is 6.39. The van der Waals surface area contributed by atoms with Gasteiger partial charge in [-0.15, -0.1) is 0 Å². The number of hydrogen-bond acceptors (Lipinski definition) is 5.